The van der Waals surface area contributed by atoms with Gasteiger partial charge < -0.3 is 9.64 Å². The molecular formula is C24H23N5O2. The van der Waals surface area contributed by atoms with Crippen LogP contribution in [0, 0.1) is 0 Å². The minimum atomic E-state index is -0.0727. The minimum absolute atomic E-state index is 0.0727. The summed E-state index contributed by atoms with van der Waals surface area (Å²) in [6.07, 6.45) is 0. The number of hydrogen-bond donors (Lipinski definition) is 0. The van der Waals surface area contributed by atoms with Crippen LogP contribution in [0.3, 0.4) is 0 Å². The van der Waals surface area contributed by atoms with Crippen LogP contribution in [0.4, 0.5) is 5.69 Å². The van der Waals surface area contributed by atoms with Crippen molar-refractivity contribution in [3.8, 4) is 5.75 Å². The van der Waals surface area contributed by atoms with Crippen molar-refractivity contribution in [2.24, 2.45) is 0 Å². The number of amides is 1. The average molecular weight is 413 g/mol. The third-order valence-corrected chi connectivity index (χ3v) is 4.87. The number of aromatic nitrogens is 4. The first kappa shape index (κ1) is 20.3. The molecule has 1 amide bonds. The van der Waals surface area contributed by atoms with Crippen molar-refractivity contribution in [3.63, 3.8) is 0 Å². The van der Waals surface area contributed by atoms with E-state index >= 15 is 0 Å². The molecule has 7 nitrogen and oxygen atoms in total. The van der Waals surface area contributed by atoms with Crippen molar-refractivity contribution >= 4 is 11.6 Å². The SMILES string of the molecule is CCn1nnnc1COc1ccc(C(=O)N(Cc2ccccc2)c2ccccc2)cc1. The fourth-order valence-corrected chi connectivity index (χ4v) is 3.22. The highest BCUT2D eigenvalue weighted by molar-refractivity contribution is 6.06. The molecule has 0 unspecified atom stereocenters. The molecule has 7 heteroatoms. The van der Waals surface area contributed by atoms with Gasteiger partial charge in [0.15, 0.2) is 5.82 Å². The summed E-state index contributed by atoms with van der Waals surface area (Å²) in [7, 11) is 0. The molecule has 0 saturated heterocycles. The van der Waals surface area contributed by atoms with E-state index in [4.69, 9.17) is 4.74 Å². The number of benzene rings is 3. The molecule has 0 aliphatic heterocycles. The average Bonchev–Trinajstić information content (AvgIpc) is 3.30. The van der Waals surface area contributed by atoms with E-state index < -0.39 is 0 Å². The maximum Gasteiger partial charge on any atom is 0.258 e. The fourth-order valence-electron chi connectivity index (χ4n) is 3.22. The van der Waals surface area contributed by atoms with E-state index in [0.29, 0.717) is 30.2 Å². The van der Waals surface area contributed by atoms with Crippen LogP contribution in [0.25, 0.3) is 0 Å². The van der Waals surface area contributed by atoms with Crippen LogP contribution >= 0.6 is 0 Å². The highest BCUT2D eigenvalue weighted by Gasteiger charge is 2.18. The van der Waals surface area contributed by atoms with Gasteiger partial charge in [0.2, 0.25) is 0 Å². The lowest BCUT2D eigenvalue weighted by atomic mass is 10.1. The summed E-state index contributed by atoms with van der Waals surface area (Å²) in [6, 6.07) is 26.8. The van der Waals surface area contributed by atoms with Crippen molar-refractivity contribution in [2.75, 3.05) is 4.90 Å². The molecule has 0 aliphatic carbocycles. The van der Waals surface area contributed by atoms with Gasteiger partial charge in [0.25, 0.3) is 5.91 Å². The number of hydrogen-bond acceptors (Lipinski definition) is 5. The number of rotatable bonds is 8. The van der Waals surface area contributed by atoms with Gasteiger partial charge >= 0.3 is 0 Å². The van der Waals surface area contributed by atoms with Crippen LogP contribution in [0.2, 0.25) is 0 Å². The number of carbonyl (C=O) groups excluding carboxylic acids is 1. The minimum Gasteiger partial charge on any atom is -0.486 e. The Morgan fingerprint density at radius 3 is 2.29 bits per heavy atom. The van der Waals surface area contributed by atoms with Gasteiger partial charge in [0.1, 0.15) is 12.4 Å². The molecule has 3 aromatic carbocycles. The van der Waals surface area contributed by atoms with Gasteiger partial charge in [-0.1, -0.05) is 48.5 Å². The quantitative estimate of drug-likeness (QED) is 0.434. The van der Waals surface area contributed by atoms with E-state index in [-0.39, 0.29) is 12.5 Å². The molecule has 0 aliphatic rings. The lowest BCUT2D eigenvalue weighted by molar-refractivity contribution is 0.0985. The molecule has 0 N–H and O–H groups in total. The van der Waals surface area contributed by atoms with Crippen LogP contribution in [-0.4, -0.2) is 26.1 Å². The summed E-state index contributed by atoms with van der Waals surface area (Å²) in [5, 5.41) is 11.5. The predicted octanol–water partition coefficient (Wildman–Crippen LogP) is 4.12. The molecular weight excluding hydrogens is 390 g/mol. The molecule has 0 bridgehead atoms. The third kappa shape index (κ3) is 4.95. The van der Waals surface area contributed by atoms with Crippen LogP contribution in [0.5, 0.6) is 5.75 Å². The molecule has 0 saturated carbocycles. The number of anilines is 1. The molecule has 0 spiro atoms. The van der Waals surface area contributed by atoms with E-state index in [2.05, 4.69) is 15.5 Å². The molecule has 4 aromatic rings. The number of tetrazole rings is 1. The second kappa shape index (κ2) is 9.67. The van der Waals surface area contributed by atoms with Crippen molar-refractivity contribution in [1.29, 1.82) is 0 Å². The molecule has 31 heavy (non-hydrogen) atoms. The Bertz CT molecular complexity index is 1110. The third-order valence-electron chi connectivity index (χ3n) is 4.87. The van der Waals surface area contributed by atoms with Gasteiger partial charge in [0, 0.05) is 17.8 Å². The lowest BCUT2D eigenvalue weighted by Gasteiger charge is -2.23. The van der Waals surface area contributed by atoms with Gasteiger partial charge in [-0.05, 0) is 59.3 Å². The zero-order valence-electron chi connectivity index (χ0n) is 17.3. The number of ether oxygens (including phenoxy) is 1. The largest absolute Gasteiger partial charge is 0.486 e. The van der Waals surface area contributed by atoms with Gasteiger partial charge in [-0.2, -0.15) is 0 Å². The van der Waals surface area contributed by atoms with Crippen LogP contribution in [0.1, 0.15) is 28.7 Å². The van der Waals surface area contributed by atoms with Crippen molar-refractivity contribution in [3.05, 3.63) is 102 Å². The second-order valence-corrected chi connectivity index (χ2v) is 6.94. The number of nitrogens with zero attached hydrogens (tertiary/aromatic N) is 5. The van der Waals surface area contributed by atoms with Crippen LogP contribution < -0.4 is 9.64 Å². The summed E-state index contributed by atoms with van der Waals surface area (Å²) < 4.78 is 7.46. The number of aryl methyl sites for hydroxylation is 1. The Morgan fingerprint density at radius 1 is 0.935 bits per heavy atom. The molecule has 0 fully saturated rings. The Kier molecular flexibility index (Phi) is 6.32. The normalized spacial score (nSPS) is 10.6. The Hall–Kier alpha value is -4.00. The molecule has 4 rings (SSSR count). The number of carbonyl (C=O) groups is 1. The highest BCUT2D eigenvalue weighted by atomic mass is 16.5. The summed E-state index contributed by atoms with van der Waals surface area (Å²) in [5.74, 6) is 1.23. The second-order valence-electron chi connectivity index (χ2n) is 6.94. The zero-order valence-corrected chi connectivity index (χ0v) is 17.3. The smallest absolute Gasteiger partial charge is 0.258 e. The topological polar surface area (TPSA) is 73.1 Å². The molecule has 0 atom stereocenters. The van der Waals surface area contributed by atoms with Gasteiger partial charge in [0.05, 0.1) is 6.54 Å². The lowest BCUT2D eigenvalue weighted by Crippen LogP contribution is -2.30. The standard InChI is InChI=1S/C24H23N5O2/c1-2-29-23(25-26-27-29)18-31-22-15-13-20(14-16-22)24(30)28(21-11-7-4-8-12-21)17-19-9-5-3-6-10-19/h3-16H,2,17-18H2,1H3. The Labute approximate surface area is 180 Å². The van der Waals surface area contributed by atoms with E-state index in [9.17, 15) is 4.79 Å². The summed E-state index contributed by atoms with van der Waals surface area (Å²) in [5.41, 5.74) is 2.50. The first-order valence-electron chi connectivity index (χ1n) is 10.1. The number of para-hydroxylation sites is 1. The van der Waals surface area contributed by atoms with Crippen LogP contribution in [0.15, 0.2) is 84.9 Å². The molecule has 0 radical (unpaired) electrons. The van der Waals surface area contributed by atoms with E-state index in [1.165, 1.54) is 0 Å². The summed E-state index contributed by atoms with van der Waals surface area (Å²) in [6.45, 7) is 3.39. The van der Waals surface area contributed by atoms with E-state index in [1.54, 1.807) is 33.8 Å². The van der Waals surface area contributed by atoms with Gasteiger partial charge in [-0.3, -0.25) is 4.79 Å². The summed E-state index contributed by atoms with van der Waals surface area (Å²) in [4.78, 5) is 15.1. The maximum atomic E-state index is 13.3. The monoisotopic (exact) mass is 413 g/mol. The first-order chi connectivity index (χ1) is 15.2. The molecule has 1 heterocycles. The fraction of sp³-hybridized carbons (Fsp3) is 0.167. The highest BCUT2D eigenvalue weighted by Crippen LogP contribution is 2.21. The Balaban J connectivity index is 1.50. The zero-order chi connectivity index (χ0) is 21.5. The van der Waals surface area contributed by atoms with Crippen molar-refractivity contribution < 1.29 is 9.53 Å². The van der Waals surface area contributed by atoms with Crippen LogP contribution in [-0.2, 0) is 19.7 Å². The molecule has 1 aromatic heterocycles. The predicted molar refractivity (Wildman–Crippen MR) is 118 cm³/mol. The first-order valence-corrected chi connectivity index (χ1v) is 10.1. The maximum absolute atomic E-state index is 13.3. The van der Waals surface area contributed by atoms with Gasteiger partial charge in [-0.15, -0.1) is 5.10 Å². The van der Waals surface area contributed by atoms with Crippen molar-refractivity contribution in [1.82, 2.24) is 20.2 Å². The van der Waals surface area contributed by atoms with E-state index in [1.807, 2.05) is 67.6 Å². The Morgan fingerprint density at radius 2 is 1.61 bits per heavy atom. The van der Waals surface area contributed by atoms with Gasteiger partial charge in [-0.25, -0.2) is 4.68 Å². The molecule has 156 valence electrons. The summed E-state index contributed by atoms with van der Waals surface area (Å²) >= 11 is 0. The van der Waals surface area contributed by atoms with Crippen molar-refractivity contribution in [2.45, 2.75) is 26.6 Å². The van der Waals surface area contributed by atoms with E-state index in [0.717, 1.165) is 11.3 Å².